The Labute approximate surface area is 97.6 Å². The van der Waals surface area contributed by atoms with E-state index in [1.54, 1.807) is 6.92 Å². The van der Waals surface area contributed by atoms with E-state index in [4.69, 9.17) is 10.5 Å². The van der Waals surface area contributed by atoms with Gasteiger partial charge in [0, 0.05) is 12.1 Å². The summed E-state index contributed by atoms with van der Waals surface area (Å²) in [7, 11) is 0. The molecule has 0 bridgehead atoms. The first-order chi connectivity index (χ1) is 8.11. The number of hydrogen-bond donors (Lipinski definition) is 2. The molecule has 0 aromatic carbocycles. The van der Waals surface area contributed by atoms with Crippen LogP contribution in [0.1, 0.15) is 18.2 Å². The predicted molar refractivity (Wildman–Crippen MR) is 60.4 cm³/mol. The van der Waals surface area contributed by atoms with Crippen molar-refractivity contribution in [2.45, 2.75) is 19.9 Å². The van der Waals surface area contributed by atoms with Gasteiger partial charge < -0.3 is 15.4 Å². The minimum Gasteiger partial charge on any atom is -0.450 e. The number of H-pyrrole nitrogens is 1. The van der Waals surface area contributed by atoms with E-state index >= 15 is 0 Å². The smallest absolute Gasteiger partial charge is 0.410 e. The molecule has 1 aromatic rings. The van der Waals surface area contributed by atoms with Crippen LogP contribution in [0.15, 0.2) is 4.79 Å². The van der Waals surface area contributed by atoms with Gasteiger partial charge in [0.2, 0.25) is 5.95 Å². The third kappa shape index (κ3) is 2.22. The average molecular weight is 238 g/mol. The van der Waals surface area contributed by atoms with Crippen molar-refractivity contribution in [1.29, 1.82) is 0 Å². The van der Waals surface area contributed by atoms with Crippen molar-refractivity contribution in [3.8, 4) is 0 Å². The summed E-state index contributed by atoms with van der Waals surface area (Å²) in [5.74, 6) is 0.0689. The van der Waals surface area contributed by atoms with Gasteiger partial charge in [-0.15, -0.1) is 0 Å². The largest absolute Gasteiger partial charge is 0.450 e. The van der Waals surface area contributed by atoms with Gasteiger partial charge in [-0.3, -0.25) is 9.78 Å². The minimum atomic E-state index is -0.390. The third-order valence-electron chi connectivity index (χ3n) is 2.62. The number of aromatic amines is 1. The maximum Gasteiger partial charge on any atom is 0.410 e. The summed E-state index contributed by atoms with van der Waals surface area (Å²) < 4.78 is 4.90. The number of aromatic nitrogens is 2. The predicted octanol–water partition coefficient (Wildman–Crippen LogP) is -0.133. The lowest BCUT2D eigenvalue weighted by Gasteiger charge is -2.26. The topological polar surface area (TPSA) is 101 Å². The van der Waals surface area contributed by atoms with Gasteiger partial charge in [-0.25, -0.2) is 9.78 Å². The molecular weight excluding hydrogens is 224 g/mol. The van der Waals surface area contributed by atoms with E-state index in [1.165, 1.54) is 4.90 Å². The van der Waals surface area contributed by atoms with Crippen molar-refractivity contribution < 1.29 is 9.53 Å². The number of nitrogens with one attached hydrogen (secondary N) is 1. The number of fused-ring (bicyclic) bond motifs is 1. The second-order valence-corrected chi connectivity index (χ2v) is 3.75. The zero-order chi connectivity index (χ0) is 12.4. The van der Waals surface area contributed by atoms with Crippen LogP contribution in [0, 0.1) is 0 Å². The number of anilines is 1. The van der Waals surface area contributed by atoms with E-state index in [2.05, 4.69) is 9.97 Å². The fourth-order valence-corrected chi connectivity index (χ4v) is 1.83. The van der Waals surface area contributed by atoms with Crippen LogP contribution in [-0.2, 0) is 17.7 Å². The number of rotatable bonds is 1. The summed E-state index contributed by atoms with van der Waals surface area (Å²) in [6.07, 6.45) is 0.0790. The van der Waals surface area contributed by atoms with Crippen molar-refractivity contribution in [3.63, 3.8) is 0 Å². The highest BCUT2D eigenvalue weighted by atomic mass is 16.6. The molecule has 7 heteroatoms. The summed E-state index contributed by atoms with van der Waals surface area (Å²) in [6, 6.07) is 0. The van der Waals surface area contributed by atoms with Gasteiger partial charge >= 0.3 is 6.09 Å². The van der Waals surface area contributed by atoms with E-state index in [0.717, 1.165) is 0 Å². The minimum absolute atomic E-state index is 0.0689. The summed E-state index contributed by atoms with van der Waals surface area (Å²) in [5.41, 5.74) is 6.38. The molecule has 2 heterocycles. The summed E-state index contributed by atoms with van der Waals surface area (Å²) in [6.45, 7) is 2.80. The number of nitrogen functional groups attached to an aromatic ring is 1. The van der Waals surface area contributed by atoms with Gasteiger partial charge in [-0.05, 0) is 13.3 Å². The quantitative estimate of drug-likeness (QED) is 0.709. The van der Waals surface area contributed by atoms with E-state index in [-0.39, 0.29) is 24.1 Å². The first-order valence-electron chi connectivity index (χ1n) is 5.41. The molecule has 0 saturated carbocycles. The third-order valence-corrected chi connectivity index (χ3v) is 2.62. The van der Waals surface area contributed by atoms with Gasteiger partial charge in [-0.1, -0.05) is 0 Å². The Hall–Kier alpha value is -2.05. The van der Waals surface area contributed by atoms with Gasteiger partial charge in [0.05, 0.1) is 18.8 Å². The molecule has 0 saturated heterocycles. The zero-order valence-corrected chi connectivity index (χ0v) is 9.52. The SMILES string of the molecule is CCOC(=O)N1CCc2c(nc(N)[nH]c2=O)C1. The second-order valence-electron chi connectivity index (χ2n) is 3.75. The normalized spacial score (nSPS) is 14.3. The fourth-order valence-electron chi connectivity index (χ4n) is 1.83. The Morgan fingerprint density at radius 1 is 1.65 bits per heavy atom. The van der Waals surface area contributed by atoms with Gasteiger partial charge in [0.15, 0.2) is 0 Å². The lowest BCUT2D eigenvalue weighted by Crippen LogP contribution is -2.39. The fraction of sp³-hybridized carbons (Fsp3) is 0.500. The monoisotopic (exact) mass is 238 g/mol. The Balaban J connectivity index is 2.24. The second kappa shape index (κ2) is 4.44. The number of amides is 1. The highest BCUT2D eigenvalue weighted by Crippen LogP contribution is 2.14. The van der Waals surface area contributed by atoms with Crippen LogP contribution in [0.2, 0.25) is 0 Å². The maximum atomic E-state index is 11.6. The van der Waals surface area contributed by atoms with Crippen molar-refractivity contribution in [2.75, 3.05) is 18.9 Å². The molecule has 0 fully saturated rings. The number of carbonyl (C=O) groups is 1. The maximum absolute atomic E-state index is 11.6. The van der Waals surface area contributed by atoms with Gasteiger partial charge in [-0.2, -0.15) is 0 Å². The summed E-state index contributed by atoms with van der Waals surface area (Å²) >= 11 is 0. The lowest BCUT2D eigenvalue weighted by molar-refractivity contribution is 0.102. The molecule has 92 valence electrons. The number of nitrogens with two attached hydrogens (primary N) is 1. The lowest BCUT2D eigenvalue weighted by atomic mass is 10.1. The Morgan fingerprint density at radius 2 is 2.41 bits per heavy atom. The van der Waals surface area contributed by atoms with E-state index < -0.39 is 0 Å². The first-order valence-corrected chi connectivity index (χ1v) is 5.41. The molecular formula is C10H14N4O3. The number of ether oxygens (including phenoxy) is 1. The molecule has 0 aliphatic carbocycles. The highest BCUT2D eigenvalue weighted by molar-refractivity contribution is 5.68. The zero-order valence-electron chi connectivity index (χ0n) is 9.52. The summed E-state index contributed by atoms with van der Waals surface area (Å²) in [4.78, 5) is 31.1. The van der Waals surface area contributed by atoms with E-state index in [1.807, 2.05) is 0 Å². The number of carbonyl (C=O) groups excluding carboxylic acids is 1. The molecule has 1 aliphatic heterocycles. The summed E-state index contributed by atoms with van der Waals surface area (Å²) in [5, 5.41) is 0. The molecule has 7 nitrogen and oxygen atoms in total. The standard InChI is InChI=1S/C10H14N4O3/c1-2-17-10(16)14-4-3-6-7(5-14)12-9(11)13-8(6)15/h2-5H2,1H3,(H3,11,12,13,15). The molecule has 0 radical (unpaired) electrons. The number of nitrogens with zero attached hydrogens (tertiary/aromatic N) is 2. The molecule has 1 aromatic heterocycles. The molecule has 0 spiro atoms. The molecule has 2 rings (SSSR count). The number of hydrogen-bond acceptors (Lipinski definition) is 5. The first kappa shape index (κ1) is 11.4. The van der Waals surface area contributed by atoms with Gasteiger partial charge in [0.25, 0.3) is 5.56 Å². The van der Waals surface area contributed by atoms with Crippen LogP contribution in [0.5, 0.6) is 0 Å². The van der Waals surface area contributed by atoms with Crippen LogP contribution in [0.3, 0.4) is 0 Å². The molecule has 3 N–H and O–H groups in total. The molecule has 1 amide bonds. The Kier molecular flexibility index (Phi) is 2.99. The van der Waals surface area contributed by atoms with Crippen LogP contribution in [0.4, 0.5) is 10.7 Å². The molecule has 0 unspecified atom stereocenters. The van der Waals surface area contributed by atoms with Crippen LogP contribution in [-0.4, -0.2) is 34.1 Å². The van der Waals surface area contributed by atoms with Crippen molar-refractivity contribution >= 4 is 12.0 Å². The molecule has 0 atom stereocenters. The Morgan fingerprint density at radius 3 is 3.12 bits per heavy atom. The van der Waals surface area contributed by atoms with Crippen molar-refractivity contribution in [1.82, 2.24) is 14.9 Å². The molecule has 17 heavy (non-hydrogen) atoms. The van der Waals surface area contributed by atoms with E-state index in [0.29, 0.717) is 30.8 Å². The van der Waals surface area contributed by atoms with Crippen LogP contribution >= 0.6 is 0 Å². The van der Waals surface area contributed by atoms with Crippen molar-refractivity contribution in [2.24, 2.45) is 0 Å². The van der Waals surface area contributed by atoms with Crippen LogP contribution in [0.25, 0.3) is 0 Å². The van der Waals surface area contributed by atoms with Crippen LogP contribution < -0.4 is 11.3 Å². The van der Waals surface area contributed by atoms with Gasteiger partial charge in [0.1, 0.15) is 0 Å². The average Bonchev–Trinajstić information content (AvgIpc) is 2.28. The van der Waals surface area contributed by atoms with Crippen molar-refractivity contribution in [3.05, 3.63) is 21.6 Å². The highest BCUT2D eigenvalue weighted by Gasteiger charge is 2.24. The Bertz CT molecular complexity index is 497. The van der Waals surface area contributed by atoms with E-state index in [9.17, 15) is 9.59 Å². The molecule has 1 aliphatic rings.